The number of anilines is 1. The highest BCUT2D eigenvalue weighted by Crippen LogP contribution is 2.25. The van der Waals surface area contributed by atoms with Gasteiger partial charge in [-0.2, -0.15) is 0 Å². The maximum absolute atomic E-state index is 12.3. The molecule has 2 amide bonds. The van der Waals surface area contributed by atoms with Gasteiger partial charge in [-0.1, -0.05) is 63.1 Å². The minimum absolute atomic E-state index is 0.112. The van der Waals surface area contributed by atoms with Crippen LogP contribution in [0.2, 0.25) is 0 Å². The second-order valence-corrected chi connectivity index (χ2v) is 7.00. The van der Waals surface area contributed by atoms with Crippen molar-refractivity contribution < 1.29 is 14.7 Å². The average molecular weight is 395 g/mol. The van der Waals surface area contributed by atoms with Gasteiger partial charge in [-0.3, -0.25) is 4.90 Å². The van der Waals surface area contributed by atoms with E-state index in [0.717, 1.165) is 41.6 Å². The van der Waals surface area contributed by atoms with Crippen LogP contribution in [0.15, 0.2) is 54.1 Å². The lowest BCUT2D eigenvalue weighted by Crippen LogP contribution is -2.37. The standard InChI is InChI=1S/C24H30N2O3/c1-4-6-7-15-25-24(29)26(3)22-10-8-9-21(17-22)20-13-11-18(12-14-20)16-19(5-2)23(27)28/h8-14,16-17H,4-7,15H2,1-3H3,(H,25,29)(H,27,28)/b19-16+. The van der Waals surface area contributed by atoms with Crippen LogP contribution in [0.3, 0.4) is 0 Å². The van der Waals surface area contributed by atoms with Crippen LogP contribution in [0.25, 0.3) is 17.2 Å². The lowest BCUT2D eigenvalue weighted by molar-refractivity contribution is -0.132. The molecule has 0 fully saturated rings. The molecular formula is C24H30N2O3. The van der Waals surface area contributed by atoms with E-state index in [0.29, 0.717) is 18.5 Å². The molecule has 2 aromatic carbocycles. The van der Waals surface area contributed by atoms with Crippen molar-refractivity contribution in [2.24, 2.45) is 0 Å². The summed E-state index contributed by atoms with van der Waals surface area (Å²) >= 11 is 0. The van der Waals surface area contributed by atoms with Crippen LogP contribution in [0.1, 0.15) is 45.1 Å². The minimum atomic E-state index is -0.889. The second-order valence-electron chi connectivity index (χ2n) is 7.00. The van der Waals surface area contributed by atoms with E-state index in [1.165, 1.54) is 0 Å². The third-order valence-electron chi connectivity index (χ3n) is 4.84. The minimum Gasteiger partial charge on any atom is -0.478 e. The molecule has 0 heterocycles. The number of nitrogens with one attached hydrogen (secondary N) is 1. The van der Waals surface area contributed by atoms with Crippen molar-refractivity contribution in [2.45, 2.75) is 39.5 Å². The van der Waals surface area contributed by atoms with Gasteiger partial charge in [0, 0.05) is 24.9 Å². The van der Waals surface area contributed by atoms with Gasteiger partial charge in [0.15, 0.2) is 0 Å². The number of aliphatic carboxylic acids is 1. The van der Waals surface area contributed by atoms with E-state index in [1.54, 1.807) is 18.0 Å². The molecule has 0 aliphatic carbocycles. The Hall–Kier alpha value is -3.08. The van der Waals surface area contributed by atoms with Gasteiger partial charge in [0.2, 0.25) is 0 Å². The number of carbonyl (C=O) groups excluding carboxylic acids is 1. The van der Waals surface area contributed by atoms with Gasteiger partial charge in [-0.25, -0.2) is 9.59 Å². The normalized spacial score (nSPS) is 11.2. The second kappa shape index (κ2) is 11.1. The lowest BCUT2D eigenvalue weighted by atomic mass is 10.0. The molecule has 0 spiro atoms. The average Bonchev–Trinajstić information content (AvgIpc) is 2.74. The van der Waals surface area contributed by atoms with E-state index >= 15 is 0 Å². The van der Waals surface area contributed by atoms with Crippen molar-refractivity contribution >= 4 is 23.8 Å². The molecule has 2 N–H and O–H groups in total. The molecule has 0 aromatic heterocycles. The topological polar surface area (TPSA) is 69.6 Å². The summed E-state index contributed by atoms with van der Waals surface area (Å²) in [7, 11) is 1.76. The number of rotatable bonds is 9. The molecular weight excluding hydrogens is 364 g/mol. The van der Waals surface area contributed by atoms with Crippen molar-refractivity contribution in [1.82, 2.24) is 5.32 Å². The molecule has 0 unspecified atom stereocenters. The number of hydrogen-bond donors (Lipinski definition) is 2. The van der Waals surface area contributed by atoms with Gasteiger partial charge in [0.25, 0.3) is 0 Å². The fourth-order valence-electron chi connectivity index (χ4n) is 2.99. The molecule has 0 saturated carbocycles. The zero-order valence-corrected chi connectivity index (χ0v) is 17.4. The third kappa shape index (κ3) is 6.49. The molecule has 29 heavy (non-hydrogen) atoms. The quantitative estimate of drug-likeness (QED) is 0.432. The van der Waals surface area contributed by atoms with Crippen molar-refractivity contribution in [2.75, 3.05) is 18.5 Å². The number of urea groups is 1. The van der Waals surface area contributed by atoms with Crippen molar-refractivity contribution in [1.29, 1.82) is 0 Å². The van der Waals surface area contributed by atoms with Crippen molar-refractivity contribution in [3.63, 3.8) is 0 Å². The van der Waals surface area contributed by atoms with Crippen LogP contribution in [-0.2, 0) is 4.79 Å². The molecule has 0 bridgehead atoms. The SMILES string of the molecule is CCCCCNC(=O)N(C)c1cccc(-c2ccc(/C=C(\CC)C(=O)O)cc2)c1. The molecule has 154 valence electrons. The molecule has 0 atom stereocenters. The molecule has 0 saturated heterocycles. The number of hydrogen-bond acceptors (Lipinski definition) is 2. The first-order valence-corrected chi connectivity index (χ1v) is 10.1. The Kier molecular flexibility index (Phi) is 8.46. The zero-order valence-electron chi connectivity index (χ0n) is 17.4. The number of unbranched alkanes of at least 4 members (excludes halogenated alkanes) is 2. The fourth-order valence-corrected chi connectivity index (χ4v) is 2.99. The van der Waals surface area contributed by atoms with Crippen LogP contribution in [0.5, 0.6) is 0 Å². The predicted molar refractivity (Wildman–Crippen MR) is 119 cm³/mol. The lowest BCUT2D eigenvalue weighted by Gasteiger charge is -2.19. The van der Waals surface area contributed by atoms with Crippen LogP contribution in [0, 0.1) is 0 Å². The smallest absolute Gasteiger partial charge is 0.331 e. The first-order chi connectivity index (χ1) is 14.0. The predicted octanol–water partition coefficient (Wildman–Crippen LogP) is 5.57. The summed E-state index contributed by atoms with van der Waals surface area (Å²) in [6, 6.07) is 15.4. The largest absolute Gasteiger partial charge is 0.478 e. The van der Waals surface area contributed by atoms with E-state index in [2.05, 4.69) is 12.2 Å². The van der Waals surface area contributed by atoms with Gasteiger partial charge in [-0.05, 0) is 47.7 Å². The summed E-state index contributed by atoms with van der Waals surface area (Å²) in [6.07, 6.45) is 5.39. The number of carboxylic acid groups (broad SMARTS) is 1. The number of benzene rings is 2. The maximum atomic E-state index is 12.3. The molecule has 2 aromatic rings. The van der Waals surface area contributed by atoms with Gasteiger partial charge >= 0.3 is 12.0 Å². The van der Waals surface area contributed by atoms with Gasteiger partial charge in [-0.15, -0.1) is 0 Å². The van der Waals surface area contributed by atoms with E-state index in [4.69, 9.17) is 5.11 Å². The number of carbonyl (C=O) groups is 2. The van der Waals surface area contributed by atoms with Crippen molar-refractivity contribution in [3.05, 3.63) is 59.7 Å². The van der Waals surface area contributed by atoms with E-state index in [-0.39, 0.29) is 6.03 Å². The Morgan fingerprint density at radius 2 is 1.76 bits per heavy atom. The molecule has 0 radical (unpaired) electrons. The van der Waals surface area contributed by atoms with Gasteiger partial charge in [0.05, 0.1) is 0 Å². The Morgan fingerprint density at radius 1 is 1.03 bits per heavy atom. The summed E-state index contributed by atoms with van der Waals surface area (Å²) in [5.41, 5.74) is 4.06. The summed E-state index contributed by atoms with van der Waals surface area (Å²) in [5.74, 6) is -0.889. The Balaban J connectivity index is 2.12. The van der Waals surface area contributed by atoms with Crippen molar-refractivity contribution in [3.8, 4) is 11.1 Å². The van der Waals surface area contributed by atoms with E-state index in [9.17, 15) is 9.59 Å². The Bertz CT molecular complexity index is 857. The van der Waals surface area contributed by atoms with Crippen LogP contribution in [-0.4, -0.2) is 30.7 Å². The van der Waals surface area contributed by atoms with E-state index < -0.39 is 5.97 Å². The van der Waals surface area contributed by atoms with Gasteiger partial charge < -0.3 is 10.4 Å². The number of amides is 2. The number of nitrogens with zero attached hydrogens (tertiary/aromatic N) is 1. The summed E-state index contributed by atoms with van der Waals surface area (Å²) in [4.78, 5) is 25.1. The highest BCUT2D eigenvalue weighted by Gasteiger charge is 2.11. The van der Waals surface area contributed by atoms with Crippen LogP contribution in [0.4, 0.5) is 10.5 Å². The first-order valence-electron chi connectivity index (χ1n) is 10.1. The third-order valence-corrected chi connectivity index (χ3v) is 4.84. The number of carboxylic acids is 1. The van der Waals surface area contributed by atoms with Gasteiger partial charge in [0.1, 0.15) is 0 Å². The summed E-state index contributed by atoms with van der Waals surface area (Å²) in [5, 5.41) is 12.1. The molecule has 0 aliphatic heterocycles. The monoisotopic (exact) mass is 394 g/mol. The Morgan fingerprint density at radius 3 is 2.38 bits per heavy atom. The summed E-state index contributed by atoms with van der Waals surface area (Å²) < 4.78 is 0. The molecule has 2 rings (SSSR count). The highest BCUT2D eigenvalue weighted by molar-refractivity contribution is 5.93. The first kappa shape index (κ1) is 22.2. The van der Waals surface area contributed by atoms with Crippen LogP contribution < -0.4 is 10.2 Å². The molecule has 5 heteroatoms. The fraction of sp³-hybridized carbons (Fsp3) is 0.333. The van der Waals surface area contributed by atoms with Crippen LogP contribution >= 0.6 is 0 Å². The molecule has 0 aliphatic rings. The highest BCUT2D eigenvalue weighted by atomic mass is 16.4. The maximum Gasteiger partial charge on any atom is 0.331 e. The zero-order chi connectivity index (χ0) is 21.2. The summed E-state index contributed by atoms with van der Waals surface area (Å²) in [6.45, 7) is 4.65. The Labute approximate surface area is 173 Å². The van der Waals surface area contributed by atoms with E-state index in [1.807, 2.05) is 55.5 Å². The molecule has 5 nitrogen and oxygen atoms in total.